The molecule has 4 nitrogen and oxygen atoms in total. The largest absolute Gasteiger partial charge is 0.369 e. The van der Waals surface area contributed by atoms with Crippen molar-refractivity contribution in [2.24, 2.45) is 0 Å². The van der Waals surface area contributed by atoms with Crippen molar-refractivity contribution in [2.45, 2.75) is 19.4 Å². The van der Waals surface area contributed by atoms with Gasteiger partial charge in [-0.25, -0.2) is 14.4 Å². The van der Waals surface area contributed by atoms with Gasteiger partial charge in [0, 0.05) is 26.2 Å². The predicted octanol–water partition coefficient (Wildman–Crippen LogP) is 3.63. The minimum atomic E-state index is -0.284. The number of anilines is 1. The minimum absolute atomic E-state index is 0.284. The van der Waals surface area contributed by atoms with Gasteiger partial charge in [-0.15, -0.1) is 0 Å². The number of hydrogen-bond acceptors (Lipinski definition) is 4. The molecule has 4 rings (SSSR count). The van der Waals surface area contributed by atoms with Crippen LogP contribution >= 0.6 is 0 Å². The number of fused-ring (bicyclic) bond motifs is 2. The van der Waals surface area contributed by atoms with Gasteiger partial charge in [-0.05, 0) is 36.1 Å². The van der Waals surface area contributed by atoms with Crippen LogP contribution in [-0.2, 0) is 13.0 Å². The fourth-order valence-corrected chi connectivity index (χ4v) is 3.46. The van der Waals surface area contributed by atoms with Crippen molar-refractivity contribution in [1.82, 2.24) is 14.9 Å². The first-order chi connectivity index (χ1) is 12.3. The Kier molecular flexibility index (Phi) is 4.57. The summed E-state index contributed by atoms with van der Waals surface area (Å²) in [5, 5.41) is 3.74. The maximum absolute atomic E-state index is 14.1. The molecule has 0 bridgehead atoms. The van der Waals surface area contributed by atoms with Crippen LogP contribution in [0.2, 0.25) is 0 Å². The van der Waals surface area contributed by atoms with E-state index in [0.717, 1.165) is 39.0 Å². The maximum Gasteiger partial charge on any atom is 0.140 e. The van der Waals surface area contributed by atoms with Gasteiger partial charge in [-0.1, -0.05) is 30.3 Å². The third kappa shape index (κ3) is 3.46. The lowest BCUT2D eigenvalue weighted by Crippen LogP contribution is -2.32. The van der Waals surface area contributed by atoms with E-state index in [2.05, 4.69) is 44.5 Å². The van der Waals surface area contributed by atoms with Gasteiger partial charge in [0.25, 0.3) is 0 Å². The maximum atomic E-state index is 14.1. The van der Waals surface area contributed by atoms with Crippen molar-refractivity contribution in [3.63, 3.8) is 0 Å². The van der Waals surface area contributed by atoms with E-state index in [4.69, 9.17) is 0 Å². The SMILES string of the molecule is Fc1cccc2ncnc(NCCCN3CCc4ccccc4C3)c12. The normalized spacial score (nSPS) is 14.4. The molecule has 1 aliphatic heterocycles. The number of aromatic nitrogens is 2. The molecule has 0 aliphatic carbocycles. The lowest BCUT2D eigenvalue weighted by molar-refractivity contribution is 0.253. The molecule has 3 aromatic rings. The quantitative estimate of drug-likeness (QED) is 0.723. The Balaban J connectivity index is 1.34. The van der Waals surface area contributed by atoms with Gasteiger partial charge in [0.1, 0.15) is 18.0 Å². The number of halogens is 1. The van der Waals surface area contributed by atoms with Crippen LogP contribution in [0.1, 0.15) is 17.5 Å². The lowest BCUT2D eigenvalue weighted by Gasteiger charge is -2.28. The van der Waals surface area contributed by atoms with Crippen LogP contribution in [0.5, 0.6) is 0 Å². The second-order valence-corrected chi connectivity index (χ2v) is 6.43. The predicted molar refractivity (Wildman–Crippen MR) is 98.0 cm³/mol. The highest BCUT2D eigenvalue weighted by atomic mass is 19.1. The topological polar surface area (TPSA) is 41.1 Å². The summed E-state index contributed by atoms with van der Waals surface area (Å²) in [5.41, 5.74) is 3.54. The van der Waals surface area contributed by atoms with Crippen molar-refractivity contribution in [3.05, 3.63) is 65.7 Å². The summed E-state index contributed by atoms with van der Waals surface area (Å²) in [6.45, 7) is 3.90. The van der Waals surface area contributed by atoms with Crippen LogP contribution in [0.15, 0.2) is 48.8 Å². The number of hydrogen-bond donors (Lipinski definition) is 1. The Morgan fingerprint density at radius 1 is 1.04 bits per heavy atom. The van der Waals surface area contributed by atoms with E-state index in [1.165, 1.54) is 23.5 Å². The Labute approximate surface area is 146 Å². The monoisotopic (exact) mass is 336 g/mol. The standard InChI is InChI=1S/C20H21FN4/c21-17-7-3-8-18-19(17)20(24-14-23-18)22-10-4-11-25-12-9-15-5-1-2-6-16(15)13-25/h1-3,5-8,14H,4,9-13H2,(H,22,23,24). The van der Waals surface area contributed by atoms with E-state index < -0.39 is 0 Å². The van der Waals surface area contributed by atoms with Crippen LogP contribution < -0.4 is 5.32 Å². The number of rotatable bonds is 5. The summed E-state index contributed by atoms with van der Waals surface area (Å²) in [6, 6.07) is 13.6. The fourth-order valence-electron chi connectivity index (χ4n) is 3.46. The van der Waals surface area contributed by atoms with Crippen LogP contribution in [-0.4, -0.2) is 34.5 Å². The van der Waals surface area contributed by atoms with Crippen molar-refractivity contribution < 1.29 is 4.39 Å². The van der Waals surface area contributed by atoms with Gasteiger partial charge < -0.3 is 5.32 Å². The number of nitrogens with zero attached hydrogens (tertiary/aromatic N) is 3. The summed E-state index contributed by atoms with van der Waals surface area (Å²) in [7, 11) is 0. The summed E-state index contributed by atoms with van der Waals surface area (Å²) >= 11 is 0. The van der Waals surface area contributed by atoms with E-state index in [0.29, 0.717) is 16.7 Å². The van der Waals surface area contributed by atoms with E-state index in [1.807, 2.05) is 0 Å². The molecule has 1 N–H and O–H groups in total. The van der Waals surface area contributed by atoms with Crippen molar-refractivity contribution in [1.29, 1.82) is 0 Å². The molecule has 0 atom stereocenters. The molecule has 1 aromatic heterocycles. The van der Waals surface area contributed by atoms with E-state index in [9.17, 15) is 4.39 Å². The molecule has 2 aromatic carbocycles. The molecular formula is C20H21FN4. The molecule has 0 saturated heterocycles. The molecule has 0 spiro atoms. The van der Waals surface area contributed by atoms with E-state index >= 15 is 0 Å². The highest BCUT2D eigenvalue weighted by Gasteiger charge is 2.15. The average molecular weight is 336 g/mol. The Morgan fingerprint density at radius 2 is 1.92 bits per heavy atom. The van der Waals surface area contributed by atoms with Gasteiger partial charge in [0.05, 0.1) is 10.9 Å². The van der Waals surface area contributed by atoms with Gasteiger partial charge in [0.15, 0.2) is 0 Å². The highest BCUT2D eigenvalue weighted by molar-refractivity contribution is 5.89. The van der Waals surface area contributed by atoms with Crippen LogP contribution in [0.25, 0.3) is 10.9 Å². The molecule has 128 valence electrons. The average Bonchev–Trinajstić information content (AvgIpc) is 2.65. The van der Waals surface area contributed by atoms with Crippen LogP contribution in [0, 0.1) is 5.82 Å². The molecule has 1 aliphatic rings. The zero-order valence-electron chi connectivity index (χ0n) is 14.1. The van der Waals surface area contributed by atoms with Crippen LogP contribution in [0.3, 0.4) is 0 Å². The smallest absolute Gasteiger partial charge is 0.140 e. The lowest BCUT2D eigenvalue weighted by atomic mass is 10.00. The molecule has 0 unspecified atom stereocenters. The summed E-state index contributed by atoms with van der Waals surface area (Å²) in [6.07, 6.45) is 3.58. The zero-order chi connectivity index (χ0) is 17.1. The Morgan fingerprint density at radius 3 is 2.84 bits per heavy atom. The zero-order valence-corrected chi connectivity index (χ0v) is 14.1. The van der Waals surface area contributed by atoms with Crippen molar-refractivity contribution >= 4 is 16.7 Å². The number of nitrogens with one attached hydrogen (secondary N) is 1. The Hall–Kier alpha value is -2.53. The first-order valence-corrected chi connectivity index (χ1v) is 8.73. The van der Waals surface area contributed by atoms with E-state index in [1.54, 1.807) is 12.1 Å². The van der Waals surface area contributed by atoms with Crippen LogP contribution in [0.4, 0.5) is 10.2 Å². The third-order valence-electron chi connectivity index (χ3n) is 4.77. The van der Waals surface area contributed by atoms with Crippen molar-refractivity contribution in [3.8, 4) is 0 Å². The second-order valence-electron chi connectivity index (χ2n) is 6.43. The number of benzene rings is 2. The van der Waals surface area contributed by atoms with Gasteiger partial charge in [0.2, 0.25) is 0 Å². The summed E-state index contributed by atoms with van der Waals surface area (Å²) in [4.78, 5) is 10.8. The molecule has 0 saturated carbocycles. The minimum Gasteiger partial charge on any atom is -0.369 e. The summed E-state index contributed by atoms with van der Waals surface area (Å²) in [5.74, 6) is 0.292. The Bertz CT molecular complexity index is 875. The fraction of sp³-hybridized carbons (Fsp3) is 0.300. The third-order valence-corrected chi connectivity index (χ3v) is 4.77. The molecule has 0 amide bonds. The highest BCUT2D eigenvalue weighted by Crippen LogP contribution is 2.22. The summed E-state index contributed by atoms with van der Waals surface area (Å²) < 4.78 is 14.1. The van der Waals surface area contributed by atoms with Gasteiger partial charge >= 0.3 is 0 Å². The van der Waals surface area contributed by atoms with Gasteiger partial charge in [-0.2, -0.15) is 0 Å². The van der Waals surface area contributed by atoms with E-state index in [-0.39, 0.29) is 5.82 Å². The van der Waals surface area contributed by atoms with Gasteiger partial charge in [-0.3, -0.25) is 4.90 Å². The molecular weight excluding hydrogens is 315 g/mol. The molecule has 5 heteroatoms. The van der Waals surface area contributed by atoms with Crippen molar-refractivity contribution in [2.75, 3.05) is 25.0 Å². The molecule has 2 heterocycles. The second kappa shape index (κ2) is 7.15. The first-order valence-electron chi connectivity index (χ1n) is 8.73. The molecule has 0 fully saturated rings. The molecule has 25 heavy (non-hydrogen) atoms. The first kappa shape index (κ1) is 16.0. The molecule has 0 radical (unpaired) electrons.